The molecule has 0 aliphatic carbocycles. The molecule has 0 fully saturated rings. The zero-order valence-electron chi connectivity index (χ0n) is 10.9. The lowest BCUT2D eigenvalue weighted by Gasteiger charge is -2.19. The third-order valence-corrected chi connectivity index (χ3v) is 4.13. The molecule has 1 aromatic rings. The third-order valence-electron chi connectivity index (χ3n) is 2.73. The van der Waals surface area contributed by atoms with Gasteiger partial charge in [-0.3, -0.25) is 4.79 Å². The minimum atomic E-state index is -3.60. The van der Waals surface area contributed by atoms with Gasteiger partial charge in [0.2, 0.25) is 15.9 Å². The van der Waals surface area contributed by atoms with Crippen molar-refractivity contribution in [3.8, 4) is 0 Å². The SMILES string of the molecule is CC(C)(N)CNS(=O)(=O)c1ccc2c(c1)CC(=O)N2. The molecule has 0 saturated carbocycles. The van der Waals surface area contributed by atoms with E-state index in [4.69, 9.17) is 5.73 Å². The van der Waals surface area contributed by atoms with Crippen molar-refractivity contribution < 1.29 is 13.2 Å². The molecule has 1 amide bonds. The van der Waals surface area contributed by atoms with Gasteiger partial charge >= 0.3 is 0 Å². The van der Waals surface area contributed by atoms with Crippen molar-refractivity contribution >= 4 is 21.6 Å². The average Bonchev–Trinajstić information content (AvgIpc) is 2.64. The maximum absolute atomic E-state index is 12.1. The van der Waals surface area contributed by atoms with Crippen LogP contribution in [-0.2, 0) is 21.2 Å². The molecule has 1 heterocycles. The zero-order valence-corrected chi connectivity index (χ0v) is 11.7. The first kappa shape index (κ1) is 14.0. The van der Waals surface area contributed by atoms with Crippen molar-refractivity contribution in [1.29, 1.82) is 0 Å². The smallest absolute Gasteiger partial charge is 0.240 e. The van der Waals surface area contributed by atoms with Crippen LogP contribution in [0.25, 0.3) is 0 Å². The molecule has 1 aromatic carbocycles. The first-order chi connectivity index (χ1) is 8.67. The van der Waals surface area contributed by atoms with Crippen LogP contribution in [0.4, 0.5) is 5.69 Å². The number of nitrogens with two attached hydrogens (primary N) is 1. The van der Waals surface area contributed by atoms with Crippen molar-refractivity contribution in [2.75, 3.05) is 11.9 Å². The lowest BCUT2D eigenvalue weighted by atomic mass is 10.1. The number of benzene rings is 1. The topological polar surface area (TPSA) is 101 Å². The Kier molecular flexibility index (Phi) is 3.38. The predicted molar refractivity (Wildman–Crippen MR) is 72.2 cm³/mol. The van der Waals surface area contributed by atoms with Gasteiger partial charge in [0.1, 0.15) is 0 Å². The molecule has 1 aliphatic rings. The Morgan fingerprint density at radius 2 is 2.11 bits per heavy atom. The van der Waals surface area contributed by atoms with E-state index in [-0.39, 0.29) is 23.8 Å². The first-order valence-electron chi connectivity index (χ1n) is 5.89. The van der Waals surface area contributed by atoms with Crippen molar-refractivity contribution in [2.45, 2.75) is 30.7 Å². The molecule has 6 nitrogen and oxygen atoms in total. The quantitative estimate of drug-likeness (QED) is 0.734. The average molecular weight is 283 g/mol. The molecule has 19 heavy (non-hydrogen) atoms. The van der Waals surface area contributed by atoms with Crippen LogP contribution in [0.1, 0.15) is 19.4 Å². The molecule has 0 spiro atoms. The minimum absolute atomic E-state index is 0.124. The molecule has 0 atom stereocenters. The standard InChI is InChI=1S/C12H17N3O3S/c1-12(2,13)7-14-19(17,18)9-3-4-10-8(5-9)6-11(16)15-10/h3-5,14H,6-7,13H2,1-2H3,(H,15,16). The molecule has 7 heteroatoms. The molecule has 0 unspecified atom stereocenters. The van der Waals surface area contributed by atoms with Crippen molar-refractivity contribution in [3.05, 3.63) is 23.8 Å². The monoisotopic (exact) mass is 283 g/mol. The van der Waals surface area contributed by atoms with Gasteiger partial charge in [-0.1, -0.05) is 0 Å². The van der Waals surface area contributed by atoms with E-state index in [2.05, 4.69) is 10.0 Å². The van der Waals surface area contributed by atoms with E-state index in [0.717, 1.165) is 0 Å². The lowest BCUT2D eigenvalue weighted by Crippen LogP contribution is -2.45. The van der Waals surface area contributed by atoms with Crippen LogP contribution in [-0.4, -0.2) is 26.4 Å². The van der Waals surface area contributed by atoms with Gasteiger partial charge in [0.15, 0.2) is 0 Å². The number of amides is 1. The minimum Gasteiger partial charge on any atom is -0.326 e. The maximum atomic E-state index is 12.1. The van der Waals surface area contributed by atoms with E-state index in [1.807, 2.05) is 0 Å². The molecular weight excluding hydrogens is 266 g/mol. The van der Waals surface area contributed by atoms with E-state index in [1.165, 1.54) is 12.1 Å². The van der Waals surface area contributed by atoms with E-state index >= 15 is 0 Å². The number of fused-ring (bicyclic) bond motifs is 1. The molecule has 1 aliphatic heterocycles. The Labute approximate surface area is 112 Å². The Morgan fingerprint density at radius 3 is 2.74 bits per heavy atom. The summed E-state index contributed by atoms with van der Waals surface area (Å²) in [6.07, 6.45) is 0.209. The van der Waals surface area contributed by atoms with E-state index in [0.29, 0.717) is 11.3 Å². The summed E-state index contributed by atoms with van der Waals surface area (Å²) in [4.78, 5) is 11.4. The summed E-state index contributed by atoms with van der Waals surface area (Å²) in [7, 11) is -3.60. The van der Waals surface area contributed by atoms with Gasteiger partial charge in [-0.15, -0.1) is 0 Å². The summed E-state index contributed by atoms with van der Waals surface area (Å²) < 4.78 is 26.6. The lowest BCUT2D eigenvalue weighted by molar-refractivity contribution is -0.115. The zero-order chi connectivity index (χ0) is 14.3. The highest BCUT2D eigenvalue weighted by molar-refractivity contribution is 7.89. The maximum Gasteiger partial charge on any atom is 0.240 e. The molecular formula is C12H17N3O3S. The highest BCUT2D eigenvalue weighted by Crippen LogP contribution is 2.25. The Hall–Kier alpha value is -1.44. The Balaban J connectivity index is 2.23. The fourth-order valence-electron chi connectivity index (χ4n) is 1.74. The van der Waals surface area contributed by atoms with Gasteiger partial charge in [0.25, 0.3) is 0 Å². The van der Waals surface area contributed by atoms with Crippen molar-refractivity contribution in [2.24, 2.45) is 5.73 Å². The molecule has 0 aromatic heterocycles. The number of rotatable bonds is 4. The van der Waals surface area contributed by atoms with Gasteiger partial charge in [-0.25, -0.2) is 13.1 Å². The van der Waals surface area contributed by atoms with Crippen LogP contribution in [0.15, 0.2) is 23.1 Å². The Morgan fingerprint density at radius 1 is 1.42 bits per heavy atom. The molecule has 0 bridgehead atoms. The second kappa shape index (κ2) is 4.59. The van der Waals surface area contributed by atoms with Gasteiger partial charge < -0.3 is 11.1 Å². The van der Waals surface area contributed by atoms with Gasteiger partial charge in [-0.2, -0.15) is 0 Å². The largest absolute Gasteiger partial charge is 0.326 e. The van der Waals surface area contributed by atoms with Crippen LogP contribution in [0.3, 0.4) is 0 Å². The fourth-order valence-corrected chi connectivity index (χ4v) is 3.01. The van der Waals surface area contributed by atoms with Crippen LogP contribution >= 0.6 is 0 Å². The highest BCUT2D eigenvalue weighted by atomic mass is 32.2. The molecule has 2 rings (SSSR count). The third kappa shape index (κ3) is 3.31. The number of sulfonamides is 1. The molecule has 104 valence electrons. The number of carbonyl (C=O) groups excluding carboxylic acids is 1. The van der Waals surface area contributed by atoms with E-state index in [1.54, 1.807) is 19.9 Å². The van der Waals surface area contributed by atoms with Gasteiger partial charge in [0, 0.05) is 17.8 Å². The summed E-state index contributed by atoms with van der Waals surface area (Å²) in [5, 5.41) is 2.66. The van der Waals surface area contributed by atoms with Gasteiger partial charge in [0.05, 0.1) is 11.3 Å². The summed E-state index contributed by atoms with van der Waals surface area (Å²) in [5.74, 6) is -0.124. The van der Waals surface area contributed by atoms with Crippen LogP contribution in [0, 0.1) is 0 Å². The number of carbonyl (C=O) groups is 1. The van der Waals surface area contributed by atoms with Crippen molar-refractivity contribution in [1.82, 2.24) is 4.72 Å². The second-order valence-electron chi connectivity index (χ2n) is 5.36. The number of anilines is 1. The molecule has 0 saturated heterocycles. The second-order valence-corrected chi connectivity index (χ2v) is 7.12. The van der Waals surface area contributed by atoms with Gasteiger partial charge in [-0.05, 0) is 37.6 Å². The molecule has 0 radical (unpaired) electrons. The summed E-state index contributed by atoms with van der Waals surface area (Å²) in [6, 6.07) is 4.58. The van der Waals surface area contributed by atoms with E-state index < -0.39 is 15.6 Å². The van der Waals surface area contributed by atoms with Crippen LogP contribution in [0.2, 0.25) is 0 Å². The number of nitrogens with one attached hydrogen (secondary N) is 2. The van der Waals surface area contributed by atoms with Crippen LogP contribution < -0.4 is 15.8 Å². The number of hydrogen-bond donors (Lipinski definition) is 3. The fraction of sp³-hybridized carbons (Fsp3) is 0.417. The first-order valence-corrected chi connectivity index (χ1v) is 7.37. The Bertz CT molecular complexity index is 618. The normalized spacial score (nSPS) is 15.2. The van der Waals surface area contributed by atoms with Crippen LogP contribution in [0.5, 0.6) is 0 Å². The van der Waals surface area contributed by atoms with E-state index in [9.17, 15) is 13.2 Å². The predicted octanol–water partition coefficient (Wildman–Crippen LogP) is 0.197. The molecule has 4 N–H and O–H groups in total. The summed E-state index contributed by atoms with van der Waals surface area (Å²) >= 11 is 0. The summed E-state index contributed by atoms with van der Waals surface area (Å²) in [5.41, 5.74) is 6.49. The highest BCUT2D eigenvalue weighted by Gasteiger charge is 2.23. The number of hydrogen-bond acceptors (Lipinski definition) is 4. The van der Waals surface area contributed by atoms with Crippen molar-refractivity contribution in [3.63, 3.8) is 0 Å². The summed E-state index contributed by atoms with van der Waals surface area (Å²) in [6.45, 7) is 3.62.